The van der Waals surface area contributed by atoms with E-state index in [1.807, 2.05) is 71.6 Å². The lowest BCUT2D eigenvalue weighted by Crippen LogP contribution is -2.67. The fourth-order valence-corrected chi connectivity index (χ4v) is 9.42. The molecule has 4 saturated heterocycles. The smallest absolute Gasteiger partial charge is 0.189 e. The van der Waals surface area contributed by atoms with Crippen molar-refractivity contribution in [1.29, 1.82) is 0 Å². The van der Waals surface area contributed by atoms with Crippen LogP contribution in [-0.4, -0.2) is 57.7 Å². The van der Waals surface area contributed by atoms with Crippen LogP contribution >= 0.6 is 23.2 Å². The number of hydrogen-bond acceptors (Lipinski definition) is 5. The van der Waals surface area contributed by atoms with Gasteiger partial charge in [-0.3, -0.25) is 19.4 Å². The van der Waals surface area contributed by atoms with E-state index in [0.29, 0.717) is 33.3 Å². The Morgan fingerprint density at radius 2 is 1.62 bits per heavy atom. The Labute approximate surface area is 236 Å². The maximum Gasteiger partial charge on any atom is 0.189 e. The zero-order chi connectivity index (χ0) is 26.7. The zero-order valence-electron chi connectivity index (χ0n) is 21.1. The van der Waals surface area contributed by atoms with Crippen molar-refractivity contribution >= 4 is 40.8 Å². The Bertz CT molecular complexity index is 1640. The molecule has 4 fully saturated rings. The van der Waals surface area contributed by atoms with Gasteiger partial charge in [0, 0.05) is 51.8 Å². The van der Waals surface area contributed by atoms with E-state index < -0.39 is 16.7 Å². The third-order valence-electron chi connectivity index (χ3n) is 10.1. The molecule has 7 heteroatoms. The van der Waals surface area contributed by atoms with E-state index in [1.54, 1.807) is 12.1 Å². The number of rotatable bonds is 2. The van der Waals surface area contributed by atoms with Crippen molar-refractivity contribution in [2.24, 2.45) is 5.41 Å². The highest BCUT2D eigenvalue weighted by molar-refractivity contribution is 6.32. The van der Waals surface area contributed by atoms with Crippen molar-refractivity contribution in [2.45, 2.75) is 36.1 Å². The van der Waals surface area contributed by atoms with Crippen LogP contribution in [0.25, 0.3) is 6.08 Å². The summed E-state index contributed by atoms with van der Waals surface area (Å²) in [6.07, 6.45) is 3.57. The summed E-state index contributed by atoms with van der Waals surface area (Å²) in [5, 5.41) is 14.2. The lowest BCUT2D eigenvalue weighted by atomic mass is 9.57. The second-order valence-electron chi connectivity index (χ2n) is 11.5. The minimum absolute atomic E-state index is 0.0879. The van der Waals surface area contributed by atoms with Crippen LogP contribution in [0.15, 0.2) is 78.4 Å². The van der Waals surface area contributed by atoms with Crippen LogP contribution in [0.3, 0.4) is 0 Å². The molecule has 196 valence electrons. The minimum Gasteiger partial charge on any atom is -0.369 e. The predicted octanol–water partition coefficient (Wildman–Crippen LogP) is 5.30. The van der Waals surface area contributed by atoms with Gasteiger partial charge in [0.05, 0.1) is 5.41 Å². The first kappa shape index (κ1) is 24.0. The summed E-state index contributed by atoms with van der Waals surface area (Å²) in [7, 11) is 0. The van der Waals surface area contributed by atoms with Crippen molar-refractivity contribution < 1.29 is 14.7 Å². The monoisotopic (exact) mass is 556 g/mol. The fraction of sp³-hybridized carbons (Fsp3) is 0.312. The molecule has 39 heavy (non-hydrogen) atoms. The van der Waals surface area contributed by atoms with E-state index in [9.17, 15) is 9.90 Å². The number of halogens is 2. The van der Waals surface area contributed by atoms with Crippen LogP contribution in [0.1, 0.15) is 45.8 Å². The summed E-state index contributed by atoms with van der Waals surface area (Å²) >= 11 is 13.4. The largest absolute Gasteiger partial charge is 0.369 e. The molecule has 1 aliphatic carbocycles. The Kier molecular flexibility index (Phi) is 4.87. The normalized spacial score (nSPS) is 37.2. The molecule has 5 nitrogen and oxygen atoms in total. The molecule has 4 aliphatic heterocycles. The van der Waals surface area contributed by atoms with Gasteiger partial charge in [-0.2, -0.15) is 0 Å². The van der Waals surface area contributed by atoms with Gasteiger partial charge in [-0.25, -0.2) is 0 Å². The molecule has 0 radical (unpaired) electrons. The van der Waals surface area contributed by atoms with Gasteiger partial charge in [-0.05, 0) is 48.7 Å². The topological polar surface area (TPSA) is 60.9 Å². The Morgan fingerprint density at radius 1 is 0.897 bits per heavy atom. The lowest BCUT2D eigenvalue weighted by Gasteiger charge is -2.45. The number of piperidine rings is 1. The molecule has 5 unspecified atom stereocenters. The summed E-state index contributed by atoms with van der Waals surface area (Å²) in [6, 6.07) is 22.4. The summed E-state index contributed by atoms with van der Waals surface area (Å²) in [4.78, 5) is 34.1. The highest BCUT2D eigenvalue weighted by Crippen LogP contribution is 2.75. The van der Waals surface area contributed by atoms with Crippen molar-refractivity contribution in [3.63, 3.8) is 0 Å². The minimum atomic E-state index is -1.65. The van der Waals surface area contributed by atoms with Crippen LogP contribution < -0.4 is 0 Å². The second kappa shape index (κ2) is 7.90. The summed E-state index contributed by atoms with van der Waals surface area (Å²) in [5.41, 5.74) is -1.05. The Balaban J connectivity index is 1.47. The van der Waals surface area contributed by atoms with Gasteiger partial charge in [0.2, 0.25) is 0 Å². The van der Waals surface area contributed by atoms with Crippen molar-refractivity contribution in [3.8, 4) is 0 Å². The SMILES string of the molecule is O=C1/C(=C/c2ccccc2Cl)CN2CC13[C@@H](c1ccccc1Cl)C1CCCN1C31C(=O)c3ccccc3C21O. The lowest BCUT2D eigenvalue weighted by molar-refractivity contribution is -0.149. The van der Waals surface area contributed by atoms with Gasteiger partial charge >= 0.3 is 0 Å². The van der Waals surface area contributed by atoms with Gasteiger partial charge < -0.3 is 5.11 Å². The van der Waals surface area contributed by atoms with Crippen LogP contribution in [0.2, 0.25) is 10.0 Å². The molecule has 8 rings (SSSR count). The Hall–Kier alpha value is -2.80. The van der Waals surface area contributed by atoms with Gasteiger partial charge in [0.25, 0.3) is 0 Å². The predicted molar refractivity (Wildman–Crippen MR) is 150 cm³/mol. The van der Waals surface area contributed by atoms with Crippen molar-refractivity contribution in [2.75, 3.05) is 19.6 Å². The molecule has 6 atom stereocenters. The number of benzene rings is 3. The molecule has 0 amide bonds. The first-order valence-electron chi connectivity index (χ1n) is 13.5. The average Bonchev–Trinajstić information content (AvgIpc) is 3.60. The summed E-state index contributed by atoms with van der Waals surface area (Å²) in [5.74, 6) is -0.599. The van der Waals surface area contributed by atoms with Crippen molar-refractivity contribution in [3.05, 3.63) is 111 Å². The van der Waals surface area contributed by atoms with E-state index in [-0.39, 0.29) is 36.6 Å². The molecule has 2 bridgehead atoms. The van der Waals surface area contributed by atoms with Gasteiger partial charge in [0.15, 0.2) is 17.3 Å². The van der Waals surface area contributed by atoms with E-state index in [1.165, 1.54) is 0 Å². The van der Waals surface area contributed by atoms with E-state index in [2.05, 4.69) is 4.90 Å². The highest BCUT2D eigenvalue weighted by Gasteiger charge is 2.90. The first-order valence-corrected chi connectivity index (χ1v) is 14.3. The van der Waals surface area contributed by atoms with Crippen molar-refractivity contribution in [1.82, 2.24) is 9.80 Å². The number of nitrogens with zero attached hydrogens (tertiary/aromatic N) is 2. The van der Waals surface area contributed by atoms with Crippen LogP contribution in [-0.2, 0) is 10.5 Å². The molecule has 2 spiro atoms. The third kappa shape index (κ3) is 2.56. The molecular weight excluding hydrogens is 531 g/mol. The summed E-state index contributed by atoms with van der Waals surface area (Å²) in [6.45, 7) is 1.14. The number of carbonyl (C=O) groups excluding carboxylic acids is 2. The summed E-state index contributed by atoms with van der Waals surface area (Å²) < 4.78 is 0. The zero-order valence-corrected chi connectivity index (χ0v) is 22.6. The first-order chi connectivity index (χ1) is 18.9. The molecule has 3 aromatic rings. The van der Waals surface area contributed by atoms with E-state index in [0.717, 1.165) is 24.0 Å². The molecule has 0 aromatic heterocycles. The quantitative estimate of drug-likeness (QED) is 0.434. The van der Waals surface area contributed by atoms with E-state index in [4.69, 9.17) is 23.2 Å². The molecular formula is C32H26Cl2N2O3. The number of ketones is 2. The third-order valence-corrected chi connectivity index (χ3v) is 10.8. The van der Waals surface area contributed by atoms with Crippen LogP contribution in [0, 0.1) is 5.41 Å². The number of fused-ring (bicyclic) bond motifs is 5. The number of aliphatic hydroxyl groups is 1. The molecule has 1 N–H and O–H groups in total. The molecule has 4 heterocycles. The van der Waals surface area contributed by atoms with E-state index >= 15 is 4.79 Å². The Morgan fingerprint density at radius 3 is 2.41 bits per heavy atom. The maximum atomic E-state index is 15.1. The number of hydrogen-bond donors (Lipinski definition) is 1. The standard InChI is InChI=1S/C32H26Cl2N2O3/c33-24-12-5-1-8-19(24)16-20-17-35-18-30(28(20)37)27(22-10-3-6-13-25(22)34)26-14-7-15-36(26)31(30)29(38)21-9-2-4-11-23(21)32(31,35)39/h1-6,8-13,16,26-27,39H,7,14-15,17-18H2/b20-16+/t26?,27-,30?,31?,32?/m0/s1. The molecule has 5 aliphatic rings. The molecule has 3 aromatic carbocycles. The maximum absolute atomic E-state index is 15.1. The average molecular weight is 557 g/mol. The van der Waals surface area contributed by atoms with Gasteiger partial charge in [-0.15, -0.1) is 0 Å². The number of Topliss-reactive ketones (excluding diaryl/α,β-unsaturated/α-hetero) is 2. The number of carbonyl (C=O) groups is 2. The van der Waals surface area contributed by atoms with Gasteiger partial charge in [0.1, 0.15) is 5.54 Å². The fourth-order valence-electron chi connectivity index (χ4n) is 8.97. The highest BCUT2D eigenvalue weighted by atomic mass is 35.5. The van der Waals surface area contributed by atoms with Crippen LogP contribution in [0.5, 0.6) is 0 Å². The van der Waals surface area contributed by atoms with Gasteiger partial charge in [-0.1, -0.05) is 83.9 Å². The molecule has 0 saturated carbocycles. The van der Waals surface area contributed by atoms with Crippen LogP contribution in [0.4, 0.5) is 0 Å². The second-order valence-corrected chi connectivity index (χ2v) is 12.3.